The molecule has 0 spiro atoms. The van der Waals surface area contributed by atoms with Gasteiger partial charge in [0, 0.05) is 11.5 Å². The Balaban J connectivity index is 2.19. The van der Waals surface area contributed by atoms with Crippen LogP contribution < -0.4 is 10.5 Å². The number of methoxy groups -OCH3 is 1. The standard InChI is InChI=1S/C19H22ClN3O/c1-12-9-10-14(20)17-13(6-3-4-11-21)19(23-18(12)17)15-7-5-8-16(22-15)24-2/h5,7-10,23H,3-4,6,11,21H2,1-2H3. The molecule has 4 nitrogen and oxygen atoms in total. The fraction of sp³-hybridized carbons (Fsp3) is 0.316. The molecule has 2 heterocycles. The molecule has 24 heavy (non-hydrogen) atoms. The molecule has 5 heteroatoms. The van der Waals surface area contributed by atoms with Gasteiger partial charge in [0.25, 0.3) is 0 Å². The first kappa shape index (κ1) is 16.8. The van der Waals surface area contributed by atoms with Crippen molar-refractivity contribution >= 4 is 22.5 Å². The van der Waals surface area contributed by atoms with E-state index in [0.717, 1.165) is 46.6 Å². The zero-order valence-corrected chi connectivity index (χ0v) is 14.8. The summed E-state index contributed by atoms with van der Waals surface area (Å²) >= 11 is 6.52. The van der Waals surface area contributed by atoms with Gasteiger partial charge in [0.15, 0.2) is 0 Å². The van der Waals surface area contributed by atoms with Crippen LogP contribution in [0.3, 0.4) is 0 Å². The Morgan fingerprint density at radius 1 is 1.21 bits per heavy atom. The first-order valence-corrected chi connectivity index (χ1v) is 8.54. The predicted octanol–water partition coefficient (Wildman–Crippen LogP) is 4.48. The van der Waals surface area contributed by atoms with E-state index in [1.165, 1.54) is 11.1 Å². The number of nitrogens with two attached hydrogens (primary N) is 1. The first-order chi connectivity index (χ1) is 11.7. The molecule has 0 fully saturated rings. The zero-order chi connectivity index (χ0) is 17.1. The molecule has 3 rings (SSSR count). The molecule has 0 aliphatic heterocycles. The van der Waals surface area contributed by atoms with E-state index in [-0.39, 0.29) is 0 Å². The highest BCUT2D eigenvalue weighted by Crippen LogP contribution is 2.36. The Kier molecular flexibility index (Phi) is 5.07. The zero-order valence-electron chi connectivity index (χ0n) is 14.0. The van der Waals surface area contributed by atoms with Crippen molar-refractivity contribution in [1.82, 2.24) is 9.97 Å². The topological polar surface area (TPSA) is 63.9 Å². The number of halogens is 1. The van der Waals surface area contributed by atoms with Gasteiger partial charge in [0.2, 0.25) is 5.88 Å². The van der Waals surface area contributed by atoms with Crippen LogP contribution >= 0.6 is 11.6 Å². The lowest BCUT2D eigenvalue weighted by Crippen LogP contribution is -1.99. The second-order valence-electron chi connectivity index (χ2n) is 5.90. The molecule has 126 valence electrons. The third-order valence-corrected chi connectivity index (χ3v) is 4.60. The quantitative estimate of drug-likeness (QED) is 0.648. The molecular weight excluding hydrogens is 322 g/mol. The van der Waals surface area contributed by atoms with Gasteiger partial charge in [-0.3, -0.25) is 0 Å². The number of aromatic amines is 1. The van der Waals surface area contributed by atoms with Gasteiger partial charge in [-0.1, -0.05) is 23.7 Å². The van der Waals surface area contributed by atoms with Gasteiger partial charge in [0.05, 0.1) is 29.0 Å². The Hall–Kier alpha value is -2.04. The van der Waals surface area contributed by atoms with Crippen LogP contribution in [0.4, 0.5) is 0 Å². The van der Waals surface area contributed by atoms with Gasteiger partial charge in [0.1, 0.15) is 0 Å². The molecule has 3 aromatic rings. The van der Waals surface area contributed by atoms with E-state index in [1.807, 2.05) is 30.3 Å². The van der Waals surface area contributed by atoms with Crippen molar-refractivity contribution in [3.05, 3.63) is 46.5 Å². The summed E-state index contributed by atoms with van der Waals surface area (Å²) in [6.07, 6.45) is 2.92. The summed E-state index contributed by atoms with van der Waals surface area (Å²) in [6, 6.07) is 9.78. The number of hydrogen-bond acceptors (Lipinski definition) is 3. The van der Waals surface area contributed by atoms with Gasteiger partial charge in [-0.25, -0.2) is 4.98 Å². The van der Waals surface area contributed by atoms with E-state index in [9.17, 15) is 0 Å². The lowest BCUT2D eigenvalue weighted by Gasteiger charge is -2.07. The summed E-state index contributed by atoms with van der Waals surface area (Å²) in [4.78, 5) is 8.12. The smallest absolute Gasteiger partial charge is 0.213 e. The highest BCUT2D eigenvalue weighted by atomic mass is 35.5. The highest BCUT2D eigenvalue weighted by Gasteiger charge is 2.18. The fourth-order valence-electron chi connectivity index (χ4n) is 3.05. The minimum atomic E-state index is 0.599. The van der Waals surface area contributed by atoms with Gasteiger partial charge in [-0.15, -0.1) is 0 Å². The molecule has 0 bridgehead atoms. The van der Waals surface area contributed by atoms with Crippen LogP contribution in [0.2, 0.25) is 5.02 Å². The molecule has 0 aliphatic rings. The van der Waals surface area contributed by atoms with Crippen LogP contribution in [0.1, 0.15) is 24.0 Å². The number of fused-ring (bicyclic) bond motifs is 1. The summed E-state index contributed by atoms with van der Waals surface area (Å²) in [7, 11) is 1.63. The normalized spacial score (nSPS) is 11.2. The first-order valence-electron chi connectivity index (χ1n) is 8.17. The van der Waals surface area contributed by atoms with Crippen LogP contribution in [-0.4, -0.2) is 23.6 Å². The van der Waals surface area contributed by atoms with Crippen LogP contribution in [0.5, 0.6) is 5.88 Å². The second-order valence-corrected chi connectivity index (χ2v) is 6.31. The van der Waals surface area contributed by atoms with Crippen molar-refractivity contribution in [3.63, 3.8) is 0 Å². The molecule has 0 aliphatic carbocycles. The average molecular weight is 344 g/mol. The highest BCUT2D eigenvalue weighted by molar-refractivity contribution is 6.36. The number of ether oxygens (including phenoxy) is 1. The predicted molar refractivity (Wildman–Crippen MR) is 99.8 cm³/mol. The van der Waals surface area contributed by atoms with E-state index in [4.69, 9.17) is 22.1 Å². The number of hydrogen-bond donors (Lipinski definition) is 2. The molecular formula is C19H22ClN3O. The summed E-state index contributed by atoms with van der Waals surface area (Å²) < 4.78 is 5.27. The maximum atomic E-state index is 6.52. The van der Waals surface area contributed by atoms with Crippen molar-refractivity contribution < 1.29 is 4.74 Å². The van der Waals surface area contributed by atoms with Crippen LogP contribution in [-0.2, 0) is 6.42 Å². The minimum absolute atomic E-state index is 0.599. The maximum Gasteiger partial charge on any atom is 0.213 e. The number of aromatic nitrogens is 2. The van der Waals surface area contributed by atoms with Crippen molar-refractivity contribution in [2.75, 3.05) is 13.7 Å². The van der Waals surface area contributed by atoms with E-state index in [2.05, 4.69) is 16.9 Å². The van der Waals surface area contributed by atoms with Crippen molar-refractivity contribution in [3.8, 4) is 17.3 Å². The average Bonchev–Trinajstić information content (AvgIpc) is 2.99. The number of pyridine rings is 1. The van der Waals surface area contributed by atoms with Crippen LogP contribution in [0, 0.1) is 6.92 Å². The van der Waals surface area contributed by atoms with Crippen molar-refractivity contribution in [1.29, 1.82) is 0 Å². The lowest BCUT2D eigenvalue weighted by molar-refractivity contribution is 0.398. The Morgan fingerprint density at radius 3 is 2.79 bits per heavy atom. The van der Waals surface area contributed by atoms with Crippen LogP contribution in [0.15, 0.2) is 30.3 Å². The summed E-state index contributed by atoms with van der Waals surface area (Å²) in [5, 5.41) is 1.86. The van der Waals surface area contributed by atoms with Gasteiger partial charge in [-0.2, -0.15) is 0 Å². The van der Waals surface area contributed by atoms with Gasteiger partial charge < -0.3 is 15.5 Å². The molecule has 3 N–H and O–H groups in total. The van der Waals surface area contributed by atoms with Crippen LogP contribution in [0.25, 0.3) is 22.3 Å². The summed E-state index contributed by atoms with van der Waals surface area (Å²) in [5.41, 5.74) is 11.0. The number of nitrogens with zero attached hydrogens (tertiary/aromatic N) is 1. The summed E-state index contributed by atoms with van der Waals surface area (Å²) in [6.45, 7) is 2.78. The molecule has 0 unspecified atom stereocenters. The molecule has 1 aromatic carbocycles. The molecule has 0 saturated heterocycles. The molecule has 0 atom stereocenters. The minimum Gasteiger partial charge on any atom is -0.481 e. The lowest BCUT2D eigenvalue weighted by atomic mass is 10.0. The number of nitrogens with one attached hydrogen (secondary N) is 1. The number of benzene rings is 1. The number of H-pyrrole nitrogens is 1. The SMILES string of the molecule is COc1cccc(-c2[nH]c3c(C)ccc(Cl)c3c2CCCCN)n1. The van der Waals surface area contributed by atoms with Crippen molar-refractivity contribution in [2.45, 2.75) is 26.2 Å². The van der Waals surface area contributed by atoms with E-state index in [0.29, 0.717) is 12.4 Å². The largest absolute Gasteiger partial charge is 0.481 e. The Bertz CT molecular complexity index is 857. The molecule has 0 saturated carbocycles. The third kappa shape index (κ3) is 3.12. The second kappa shape index (κ2) is 7.24. The number of unbranched alkanes of at least 4 members (excludes halogenated alkanes) is 1. The Morgan fingerprint density at radius 2 is 2.04 bits per heavy atom. The number of aryl methyl sites for hydroxylation is 2. The molecule has 0 radical (unpaired) electrons. The Labute approximate surface area is 147 Å². The van der Waals surface area contributed by atoms with E-state index in [1.54, 1.807) is 7.11 Å². The summed E-state index contributed by atoms with van der Waals surface area (Å²) in [5.74, 6) is 0.599. The van der Waals surface area contributed by atoms with Crippen molar-refractivity contribution in [2.24, 2.45) is 5.73 Å². The van der Waals surface area contributed by atoms with E-state index >= 15 is 0 Å². The molecule has 0 amide bonds. The van der Waals surface area contributed by atoms with E-state index < -0.39 is 0 Å². The van der Waals surface area contributed by atoms with Gasteiger partial charge in [-0.05, 0) is 56.0 Å². The van der Waals surface area contributed by atoms with Gasteiger partial charge >= 0.3 is 0 Å². The maximum absolute atomic E-state index is 6.52. The fourth-order valence-corrected chi connectivity index (χ4v) is 3.32. The monoisotopic (exact) mass is 343 g/mol. The molecule has 2 aromatic heterocycles. The number of rotatable bonds is 6. The third-order valence-electron chi connectivity index (χ3n) is 4.29.